The molecule has 0 spiro atoms. The van der Waals surface area contributed by atoms with Gasteiger partial charge in [-0.05, 0) is 32.0 Å². The molecule has 23 heavy (non-hydrogen) atoms. The molecule has 0 bridgehead atoms. The van der Waals surface area contributed by atoms with Crippen molar-refractivity contribution in [3.8, 4) is 5.75 Å². The van der Waals surface area contributed by atoms with Crippen LogP contribution >= 0.6 is 0 Å². The Kier molecular flexibility index (Phi) is 5.28. The van der Waals surface area contributed by atoms with Crippen LogP contribution in [0.4, 0.5) is 5.69 Å². The van der Waals surface area contributed by atoms with E-state index < -0.39 is 10.0 Å². The first-order valence-electron chi connectivity index (χ1n) is 7.35. The molecule has 7 nitrogen and oxygen atoms in total. The van der Waals surface area contributed by atoms with Gasteiger partial charge in [0, 0.05) is 20.0 Å². The number of hydrogen-bond acceptors (Lipinski definition) is 5. The van der Waals surface area contributed by atoms with Crippen molar-refractivity contribution in [2.45, 2.75) is 37.9 Å². The van der Waals surface area contributed by atoms with Crippen LogP contribution in [0.3, 0.4) is 0 Å². The molecule has 1 N–H and O–H groups in total. The summed E-state index contributed by atoms with van der Waals surface area (Å²) in [4.78, 5) is 11.4. The maximum Gasteiger partial charge on any atom is 0.243 e. The van der Waals surface area contributed by atoms with Crippen molar-refractivity contribution in [2.75, 3.05) is 25.5 Å². The van der Waals surface area contributed by atoms with Crippen LogP contribution in [0.2, 0.25) is 0 Å². The predicted octanol–water partition coefficient (Wildman–Crippen LogP) is 1.45. The first-order chi connectivity index (χ1) is 10.7. The summed E-state index contributed by atoms with van der Waals surface area (Å²) in [7, 11) is -2.21. The van der Waals surface area contributed by atoms with Crippen LogP contribution in [-0.2, 0) is 19.6 Å². The summed E-state index contributed by atoms with van der Waals surface area (Å²) in [6, 6.07) is 4.43. The number of morpholine rings is 1. The molecule has 8 heteroatoms. The summed E-state index contributed by atoms with van der Waals surface area (Å²) in [6.45, 7) is 5.64. The molecule has 0 unspecified atom stereocenters. The molecule has 1 aromatic rings. The van der Waals surface area contributed by atoms with Crippen LogP contribution < -0.4 is 10.1 Å². The van der Waals surface area contributed by atoms with Crippen molar-refractivity contribution < 1.29 is 22.7 Å². The van der Waals surface area contributed by atoms with Gasteiger partial charge in [0.1, 0.15) is 5.75 Å². The molecule has 0 saturated carbocycles. The normalized spacial score (nSPS) is 22.6. The molecule has 128 valence electrons. The van der Waals surface area contributed by atoms with E-state index in [1.54, 1.807) is 0 Å². The lowest BCUT2D eigenvalue weighted by molar-refractivity contribution is -0.114. The van der Waals surface area contributed by atoms with Gasteiger partial charge in [-0.1, -0.05) is 0 Å². The van der Waals surface area contributed by atoms with Gasteiger partial charge >= 0.3 is 0 Å². The van der Waals surface area contributed by atoms with E-state index in [-0.39, 0.29) is 23.0 Å². The van der Waals surface area contributed by atoms with Crippen molar-refractivity contribution in [3.05, 3.63) is 18.2 Å². The summed E-state index contributed by atoms with van der Waals surface area (Å²) in [6.07, 6.45) is -0.330. The second kappa shape index (κ2) is 6.86. The van der Waals surface area contributed by atoms with Gasteiger partial charge in [0.05, 0.1) is 29.9 Å². The molecule has 1 aliphatic heterocycles. The van der Waals surface area contributed by atoms with Gasteiger partial charge in [-0.25, -0.2) is 8.42 Å². The first kappa shape index (κ1) is 17.7. The number of nitrogens with zero attached hydrogens (tertiary/aromatic N) is 1. The molecule has 0 radical (unpaired) electrons. The van der Waals surface area contributed by atoms with Crippen LogP contribution in [0.25, 0.3) is 0 Å². The van der Waals surface area contributed by atoms with Gasteiger partial charge in [-0.15, -0.1) is 0 Å². The average molecular weight is 342 g/mol. The number of carbonyl (C=O) groups is 1. The predicted molar refractivity (Wildman–Crippen MR) is 86.1 cm³/mol. The summed E-state index contributed by atoms with van der Waals surface area (Å²) < 4.78 is 37.8. The van der Waals surface area contributed by atoms with E-state index in [1.165, 1.54) is 36.5 Å². The van der Waals surface area contributed by atoms with Crippen LogP contribution in [-0.4, -0.2) is 51.0 Å². The smallest absolute Gasteiger partial charge is 0.243 e. The Morgan fingerprint density at radius 1 is 1.30 bits per heavy atom. The van der Waals surface area contributed by atoms with Crippen molar-refractivity contribution in [1.29, 1.82) is 0 Å². The fourth-order valence-corrected chi connectivity index (χ4v) is 4.23. The molecule has 1 aromatic carbocycles. The monoisotopic (exact) mass is 342 g/mol. The Bertz CT molecular complexity index is 679. The van der Waals surface area contributed by atoms with Crippen LogP contribution in [0.1, 0.15) is 20.8 Å². The highest BCUT2D eigenvalue weighted by molar-refractivity contribution is 7.89. The fourth-order valence-electron chi connectivity index (χ4n) is 2.61. The lowest BCUT2D eigenvalue weighted by atomic mass is 10.3. The number of sulfonamides is 1. The highest BCUT2D eigenvalue weighted by Crippen LogP contribution is 2.30. The largest absolute Gasteiger partial charge is 0.495 e. The van der Waals surface area contributed by atoms with E-state index in [0.717, 1.165) is 0 Å². The molecule has 1 heterocycles. The minimum Gasteiger partial charge on any atom is -0.495 e. The van der Waals surface area contributed by atoms with Crippen molar-refractivity contribution in [3.63, 3.8) is 0 Å². The van der Waals surface area contributed by atoms with Gasteiger partial charge in [0.25, 0.3) is 0 Å². The minimum absolute atomic E-state index is 0.114. The molecular formula is C15H22N2O5S. The maximum absolute atomic E-state index is 12.8. The summed E-state index contributed by atoms with van der Waals surface area (Å²) in [5.41, 5.74) is 0.329. The van der Waals surface area contributed by atoms with Crippen molar-refractivity contribution >= 4 is 21.6 Å². The van der Waals surface area contributed by atoms with E-state index in [1.807, 2.05) is 13.8 Å². The van der Waals surface area contributed by atoms with Gasteiger partial charge in [-0.3, -0.25) is 4.79 Å². The Morgan fingerprint density at radius 3 is 2.43 bits per heavy atom. The Labute approximate surface area is 136 Å². The number of benzene rings is 1. The standard InChI is InChI=1S/C15H22N2O5S/c1-10-8-17(9-11(2)22-10)23(19,20)13-5-6-15(21-4)14(7-13)16-12(3)18/h5-7,10-11H,8-9H2,1-4H3,(H,16,18)/t10-,11-/m1/s1. The quantitative estimate of drug-likeness (QED) is 0.895. The second-order valence-corrected chi connectivity index (χ2v) is 7.56. The lowest BCUT2D eigenvalue weighted by Crippen LogP contribution is -2.48. The number of ether oxygens (including phenoxy) is 2. The van der Waals surface area contributed by atoms with E-state index in [2.05, 4.69) is 5.32 Å². The van der Waals surface area contributed by atoms with Gasteiger partial charge in [-0.2, -0.15) is 4.31 Å². The zero-order chi connectivity index (χ0) is 17.2. The molecule has 0 aromatic heterocycles. The van der Waals surface area contributed by atoms with E-state index in [0.29, 0.717) is 24.5 Å². The van der Waals surface area contributed by atoms with Crippen molar-refractivity contribution in [2.24, 2.45) is 0 Å². The number of carbonyl (C=O) groups excluding carboxylic acids is 1. The summed E-state index contributed by atoms with van der Waals surface area (Å²) in [5, 5.41) is 2.59. The summed E-state index contributed by atoms with van der Waals surface area (Å²) in [5.74, 6) is 0.106. The average Bonchev–Trinajstić information content (AvgIpc) is 2.45. The molecule has 0 aliphatic carbocycles. The molecule has 1 saturated heterocycles. The van der Waals surface area contributed by atoms with Gasteiger partial charge in [0.15, 0.2) is 0 Å². The Hall–Kier alpha value is -1.64. The molecule has 2 rings (SSSR count). The van der Waals surface area contributed by atoms with Crippen LogP contribution in [0.5, 0.6) is 5.75 Å². The Balaban J connectivity index is 2.37. The van der Waals surface area contributed by atoms with E-state index in [4.69, 9.17) is 9.47 Å². The first-order valence-corrected chi connectivity index (χ1v) is 8.79. The van der Waals surface area contributed by atoms with E-state index >= 15 is 0 Å². The van der Waals surface area contributed by atoms with Gasteiger partial charge in [0.2, 0.25) is 15.9 Å². The fraction of sp³-hybridized carbons (Fsp3) is 0.533. The number of amides is 1. The molecule has 1 aliphatic rings. The zero-order valence-corrected chi connectivity index (χ0v) is 14.5. The number of rotatable bonds is 4. The number of anilines is 1. The highest BCUT2D eigenvalue weighted by Gasteiger charge is 2.32. The van der Waals surface area contributed by atoms with Gasteiger partial charge < -0.3 is 14.8 Å². The number of methoxy groups -OCH3 is 1. The number of hydrogen-bond donors (Lipinski definition) is 1. The maximum atomic E-state index is 12.8. The topological polar surface area (TPSA) is 84.9 Å². The summed E-state index contributed by atoms with van der Waals surface area (Å²) >= 11 is 0. The SMILES string of the molecule is COc1ccc(S(=O)(=O)N2C[C@@H](C)O[C@H](C)C2)cc1NC(C)=O. The zero-order valence-electron chi connectivity index (χ0n) is 13.7. The third-order valence-corrected chi connectivity index (χ3v) is 5.33. The van der Waals surface area contributed by atoms with Crippen molar-refractivity contribution in [1.82, 2.24) is 4.31 Å². The van der Waals surface area contributed by atoms with Crippen LogP contribution in [0.15, 0.2) is 23.1 Å². The third-order valence-electron chi connectivity index (χ3n) is 3.51. The molecule has 2 atom stereocenters. The second-order valence-electron chi connectivity index (χ2n) is 5.62. The highest BCUT2D eigenvalue weighted by atomic mass is 32.2. The third kappa shape index (κ3) is 4.01. The minimum atomic E-state index is -3.66. The molecule has 1 fully saturated rings. The van der Waals surface area contributed by atoms with Crippen LogP contribution in [0, 0.1) is 0 Å². The lowest BCUT2D eigenvalue weighted by Gasteiger charge is -2.34. The Morgan fingerprint density at radius 2 is 1.91 bits per heavy atom. The number of nitrogens with one attached hydrogen (secondary N) is 1. The molecular weight excluding hydrogens is 320 g/mol. The molecule has 1 amide bonds. The van der Waals surface area contributed by atoms with E-state index in [9.17, 15) is 13.2 Å².